The molecule has 0 aromatic heterocycles. The molecule has 2 nitrogen and oxygen atoms in total. The zero-order valence-electron chi connectivity index (χ0n) is 9.75. The number of nitriles is 1. The third-order valence-corrected chi connectivity index (χ3v) is 4.27. The van der Waals surface area contributed by atoms with Crippen molar-refractivity contribution in [3.63, 3.8) is 0 Å². The lowest BCUT2D eigenvalue weighted by atomic mass is 9.94. The summed E-state index contributed by atoms with van der Waals surface area (Å²) in [5.74, 6) is 0. The molecule has 1 saturated carbocycles. The second kappa shape index (κ2) is 3.92. The van der Waals surface area contributed by atoms with Crippen LogP contribution in [0.2, 0.25) is 5.02 Å². The fraction of sp³-hybridized carbons (Fsp3) is 0.500. The minimum Gasteiger partial charge on any atom is -0.370 e. The Morgan fingerprint density at radius 2 is 2.12 bits per heavy atom. The van der Waals surface area contributed by atoms with E-state index in [1.165, 1.54) is 25.7 Å². The van der Waals surface area contributed by atoms with E-state index in [1.54, 1.807) is 6.07 Å². The number of piperidine rings is 1. The molecule has 0 N–H and O–H groups in total. The van der Waals surface area contributed by atoms with Crippen LogP contribution >= 0.6 is 11.6 Å². The van der Waals surface area contributed by atoms with E-state index in [0.717, 1.165) is 18.8 Å². The van der Waals surface area contributed by atoms with Crippen molar-refractivity contribution >= 4 is 17.3 Å². The highest BCUT2D eigenvalue weighted by atomic mass is 35.5. The van der Waals surface area contributed by atoms with Gasteiger partial charge in [-0.1, -0.05) is 11.6 Å². The molecule has 17 heavy (non-hydrogen) atoms. The first-order valence-corrected chi connectivity index (χ1v) is 6.55. The highest BCUT2D eigenvalue weighted by molar-refractivity contribution is 6.30. The van der Waals surface area contributed by atoms with Gasteiger partial charge in [0.2, 0.25) is 0 Å². The molecule has 2 fully saturated rings. The van der Waals surface area contributed by atoms with Gasteiger partial charge in [-0.2, -0.15) is 5.26 Å². The van der Waals surface area contributed by atoms with Crippen molar-refractivity contribution in [2.24, 2.45) is 5.41 Å². The number of halogens is 1. The summed E-state index contributed by atoms with van der Waals surface area (Å²) in [5, 5.41) is 9.83. The molecule has 1 heterocycles. The first-order chi connectivity index (χ1) is 8.22. The molecular weight excluding hydrogens is 232 g/mol. The second-order valence-electron chi connectivity index (χ2n) is 5.30. The van der Waals surface area contributed by atoms with Crippen molar-refractivity contribution in [2.75, 3.05) is 18.0 Å². The van der Waals surface area contributed by atoms with Crippen LogP contribution in [0.15, 0.2) is 18.2 Å². The van der Waals surface area contributed by atoms with E-state index < -0.39 is 0 Å². The lowest BCUT2D eigenvalue weighted by Crippen LogP contribution is -2.36. The fourth-order valence-corrected chi connectivity index (χ4v) is 3.04. The molecule has 0 atom stereocenters. The summed E-state index contributed by atoms with van der Waals surface area (Å²) in [6.07, 6.45) is 5.32. The van der Waals surface area contributed by atoms with Gasteiger partial charge in [0.25, 0.3) is 0 Å². The Kier molecular flexibility index (Phi) is 2.52. The first kappa shape index (κ1) is 10.9. The lowest BCUT2D eigenvalue weighted by Gasteiger charge is -2.35. The smallest absolute Gasteiger partial charge is 0.101 e. The van der Waals surface area contributed by atoms with Crippen molar-refractivity contribution < 1.29 is 0 Å². The predicted octanol–water partition coefficient (Wildman–Crippen LogP) is 3.59. The van der Waals surface area contributed by atoms with Gasteiger partial charge in [-0.15, -0.1) is 0 Å². The maximum Gasteiger partial charge on any atom is 0.101 e. The maximum absolute atomic E-state index is 9.18. The Bertz CT molecular complexity index is 485. The van der Waals surface area contributed by atoms with Gasteiger partial charge < -0.3 is 4.90 Å². The van der Waals surface area contributed by atoms with Crippen molar-refractivity contribution in [2.45, 2.75) is 25.7 Å². The lowest BCUT2D eigenvalue weighted by molar-refractivity contribution is 0.395. The van der Waals surface area contributed by atoms with Crippen LogP contribution in [0, 0.1) is 16.7 Å². The number of hydrogen-bond donors (Lipinski definition) is 0. The van der Waals surface area contributed by atoms with E-state index in [-0.39, 0.29) is 0 Å². The normalized spacial score (nSPS) is 21.3. The van der Waals surface area contributed by atoms with Crippen LogP contribution in [0.3, 0.4) is 0 Å². The van der Waals surface area contributed by atoms with Gasteiger partial charge in [0.05, 0.1) is 11.3 Å². The Balaban J connectivity index is 1.90. The van der Waals surface area contributed by atoms with E-state index in [2.05, 4.69) is 11.0 Å². The van der Waals surface area contributed by atoms with Gasteiger partial charge in [-0.3, -0.25) is 0 Å². The zero-order chi connectivity index (χ0) is 11.9. The first-order valence-electron chi connectivity index (χ1n) is 6.17. The third-order valence-electron chi connectivity index (χ3n) is 4.04. The molecule has 0 amide bonds. The van der Waals surface area contributed by atoms with Crippen molar-refractivity contribution in [3.8, 4) is 6.07 Å². The van der Waals surface area contributed by atoms with Crippen molar-refractivity contribution in [1.29, 1.82) is 5.26 Å². The molecule has 3 rings (SSSR count). The van der Waals surface area contributed by atoms with Crippen molar-refractivity contribution in [1.82, 2.24) is 0 Å². The molecule has 0 bridgehead atoms. The quantitative estimate of drug-likeness (QED) is 0.757. The average Bonchev–Trinajstić information content (AvgIpc) is 3.08. The Morgan fingerprint density at radius 1 is 1.29 bits per heavy atom. The highest BCUT2D eigenvalue weighted by Gasteiger charge is 2.45. The monoisotopic (exact) mass is 246 g/mol. The standard InChI is InChI=1S/C14H15ClN2/c15-12-2-3-13(11(8-12)9-16)17-7-1-4-14(10-17)5-6-14/h2-3,8H,1,4-7,10H2. The Labute approximate surface area is 107 Å². The predicted molar refractivity (Wildman–Crippen MR) is 69.3 cm³/mol. The van der Waals surface area contributed by atoms with Gasteiger partial charge in [0.15, 0.2) is 0 Å². The Hall–Kier alpha value is -1.20. The van der Waals surface area contributed by atoms with Crippen LogP contribution in [-0.4, -0.2) is 13.1 Å². The van der Waals surface area contributed by atoms with Crippen molar-refractivity contribution in [3.05, 3.63) is 28.8 Å². The third kappa shape index (κ3) is 2.00. The number of benzene rings is 1. The molecule has 1 aromatic carbocycles. The van der Waals surface area contributed by atoms with Gasteiger partial charge in [0.1, 0.15) is 6.07 Å². The maximum atomic E-state index is 9.18. The molecule has 2 aliphatic rings. The van der Waals surface area contributed by atoms with Gasteiger partial charge in [-0.25, -0.2) is 0 Å². The topological polar surface area (TPSA) is 27.0 Å². The zero-order valence-corrected chi connectivity index (χ0v) is 10.5. The minimum absolute atomic E-state index is 0.574. The molecule has 1 spiro atoms. The molecule has 3 heteroatoms. The summed E-state index contributed by atoms with van der Waals surface area (Å²) in [6, 6.07) is 7.89. The fourth-order valence-electron chi connectivity index (χ4n) is 2.87. The molecule has 0 unspecified atom stereocenters. The molecule has 0 radical (unpaired) electrons. The SMILES string of the molecule is N#Cc1cc(Cl)ccc1N1CCCC2(CC2)C1. The molecule has 1 saturated heterocycles. The van der Waals surface area contributed by atoms with Crippen LogP contribution in [-0.2, 0) is 0 Å². The summed E-state index contributed by atoms with van der Waals surface area (Å²) in [5.41, 5.74) is 2.34. The van der Waals surface area contributed by atoms with E-state index in [1.807, 2.05) is 12.1 Å². The summed E-state index contributed by atoms with van der Waals surface area (Å²) < 4.78 is 0. The average molecular weight is 247 g/mol. The van der Waals surface area contributed by atoms with E-state index >= 15 is 0 Å². The number of rotatable bonds is 1. The summed E-state index contributed by atoms with van der Waals surface area (Å²) in [6.45, 7) is 2.18. The van der Waals surface area contributed by atoms with Gasteiger partial charge in [0, 0.05) is 18.1 Å². The number of anilines is 1. The van der Waals surface area contributed by atoms with E-state index in [0.29, 0.717) is 16.0 Å². The van der Waals surface area contributed by atoms with Crippen LogP contribution in [0.1, 0.15) is 31.2 Å². The molecule has 1 aliphatic heterocycles. The largest absolute Gasteiger partial charge is 0.370 e. The minimum atomic E-state index is 0.574. The number of hydrogen-bond acceptors (Lipinski definition) is 2. The molecule has 1 aromatic rings. The van der Waals surface area contributed by atoms with Crippen LogP contribution in [0.25, 0.3) is 0 Å². The van der Waals surface area contributed by atoms with Crippen LogP contribution in [0.5, 0.6) is 0 Å². The van der Waals surface area contributed by atoms with Crippen LogP contribution in [0.4, 0.5) is 5.69 Å². The van der Waals surface area contributed by atoms with E-state index in [9.17, 15) is 5.26 Å². The summed E-state index contributed by atoms with van der Waals surface area (Å²) in [4.78, 5) is 2.37. The van der Waals surface area contributed by atoms with Gasteiger partial charge in [-0.05, 0) is 49.3 Å². The summed E-state index contributed by atoms with van der Waals surface area (Å²) >= 11 is 5.93. The van der Waals surface area contributed by atoms with Gasteiger partial charge >= 0.3 is 0 Å². The molecule has 1 aliphatic carbocycles. The second-order valence-corrected chi connectivity index (χ2v) is 5.73. The highest BCUT2D eigenvalue weighted by Crippen LogP contribution is 2.52. The number of nitrogens with zero attached hydrogens (tertiary/aromatic N) is 2. The molecule has 88 valence electrons. The van der Waals surface area contributed by atoms with Crippen LogP contribution < -0.4 is 4.90 Å². The Morgan fingerprint density at radius 3 is 2.82 bits per heavy atom. The summed E-state index contributed by atoms with van der Waals surface area (Å²) in [7, 11) is 0. The van der Waals surface area contributed by atoms with E-state index in [4.69, 9.17) is 11.6 Å². The molecular formula is C14H15ClN2.